The van der Waals surface area contributed by atoms with Crippen molar-refractivity contribution < 1.29 is 19.1 Å². The van der Waals surface area contributed by atoms with E-state index in [1.54, 1.807) is 0 Å². The van der Waals surface area contributed by atoms with Crippen molar-refractivity contribution in [2.75, 3.05) is 13.2 Å². The van der Waals surface area contributed by atoms with Crippen LogP contribution in [0.4, 0.5) is 0 Å². The largest absolute Gasteiger partial charge is 0.466 e. The van der Waals surface area contributed by atoms with Crippen LogP contribution in [-0.4, -0.2) is 25.2 Å². The van der Waals surface area contributed by atoms with Gasteiger partial charge in [0, 0.05) is 12.8 Å². The lowest BCUT2D eigenvalue weighted by atomic mass is 10.0. The fourth-order valence-electron chi connectivity index (χ4n) is 3.70. The van der Waals surface area contributed by atoms with E-state index in [0.717, 1.165) is 19.3 Å². The van der Waals surface area contributed by atoms with Gasteiger partial charge in [-0.25, -0.2) is 0 Å². The number of hydrogen-bond acceptors (Lipinski definition) is 4. The van der Waals surface area contributed by atoms with Crippen LogP contribution in [0, 0.1) is 0 Å². The molecule has 0 spiro atoms. The average Bonchev–Trinajstić information content (AvgIpc) is 2.82. The van der Waals surface area contributed by atoms with Crippen molar-refractivity contribution in [2.45, 2.75) is 156 Å². The van der Waals surface area contributed by atoms with Gasteiger partial charge >= 0.3 is 11.9 Å². The molecule has 0 aromatic heterocycles. The first-order chi connectivity index (χ1) is 16.6. The van der Waals surface area contributed by atoms with Gasteiger partial charge in [0.1, 0.15) is 0 Å². The van der Waals surface area contributed by atoms with Crippen molar-refractivity contribution in [3.63, 3.8) is 0 Å². The van der Waals surface area contributed by atoms with Gasteiger partial charge in [-0.1, -0.05) is 116 Å². The van der Waals surface area contributed by atoms with Crippen LogP contribution in [0.1, 0.15) is 156 Å². The summed E-state index contributed by atoms with van der Waals surface area (Å²) in [4.78, 5) is 22.0. The van der Waals surface area contributed by atoms with Crippen molar-refractivity contribution in [3.8, 4) is 0 Å². The van der Waals surface area contributed by atoms with Gasteiger partial charge in [-0.15, -0.1) is 0 Å². The maximum Gasteiger partial charge on any atom is 0.306 e. The second-order valence-electron chi connectivity index (χ2n) is 9.11. The van der Waals surface area contributed by atoms with Gasteiger partial charge in [-0.05, 0) is 39.5 Å². The zero-order valence-corrected chi connectivity index (χ0v) is 23.3. The highest BCUT2D eigenvalue weighted by molar-refractivity contribution is 5.69. The molecule has 0 fully saturated rings. The topological polar surface area (TPSA) is 52.6 Å². The van der Waals surface area contributed by atoms with Gasteiger partial charge in [0.2, 0.25) is 0 Å². The van der Waals surface area contributed by atoms with Gasteiger partial charge < -0.3 is 9.47 Å². The third-order valence-electron chi connectivity index (χ3n) is 5.75. The molecule has 0 bridgehead atoms. The smallest absolute Gasteiger partial charge is 0.306 e. The molecular weight excluding hydrogens is 424 g/mol. The van der Waals surface area contributed by atoms with Crippen LogP contribution < -0.4 is 0 Å². The van der Waals surface area contributed by atoms with Gasteiger partial charge in [0.15, 0.2) is 0 Å². The minimum absolute atomic E-state index is 0.0319. The second kappa shape index (κ2) is 31.7. The summed E-state index contributed by atoms with van der Waals surface area (Å²) in [5, 5.41) is 0. The molecule has 0 aliphatic carbocycles. The van der Waals surface area contributed by atoms with E-state index in [2.05, 4.69) is 26.0 Å². The normalized spacial score (nSPS) is 10.7. The number of carbonyl (C=O) groups is 2. The molecule has 0 aromatic carbocycles. The number of rotatable bonds is 23. The van der Waals surface area contributed by atoms with Crippen molar-refractivity contribution in [1.29, 1.82) is 0 Å². The molecule has 4 heteroatoms. The van der Waals surface area contributed by atoms with Crippen molar-refractivity contribution in [1.82, 2.24) is 0 Å². The van der Waals surface area contributed by atoms with E-state index >= 15 is 0 Å². The van der Waals surface area contributed by atoms with Gasteiger partial charge in [-0.2, -0.15) is 0 Å². The van der Waals surface area contributed by atoms with E-state index in [0.29, 0.717) is 26.1 Å². The first-order valence-electron chi connectivity index (χ1n) is 14.6. The summed E-state index contributed by atoms with van der Waals surface area (Å²) in [6, 6.07) is 0. The predicted octanol–water partition coefficient (Wildman–Crippen LogP) is 9.50. The Morgan fingerprint density at radius 3 is 1.32 bits per heavy atom. The van der Waals surface area contributed by atoms with E-state index in [-0.39, 0.29) is 11.9 Å². The third kappa shape index (κ3) is 32.9. The molecule has 0 aliphatic rings. The van der Waals surface area contributed by atoms with Crippen LogP contribution in [0.2, 0.25) is 0 Å². The Labute approximate surface area is 212 Å². The molecule has 0 aliphatic heterocycles. The van der Waals surface area contributed by atoms with Crippen LogP contribution in [0.3, 0.4) is 0 Å². The summed E-state index contributed by atoms with van der Waals surface area (Å²) in [7, 11) is 0. The Balaban J connectivity index is 0. The lowest BCUT2D eigenvalue weighted by molar-refractivity contribution is -0.144. The standard InChI is InChI=1S/C18H36O2.C12H22O2/c1-3-5-6-7-8-9-10-11-12-13-14-15-16-17-18(19)20-4-2;1-3-5-6-7-8-9-10-11-12(13)14-4-2/h3-17H2,1-2H3;8-9H,3-7,10-11H2,1-2H3/b;9-8+. The Kier molecular flexibility index (Phi) is 32.5. The molecule has 0 N–H and O–H groups in total. The summed E-state index contributed by atoms with van der Waals surface area (Å²) in [6.45, 7) is 9.16. The van der Waals surface area contributed by atoms with Crippen molar-refractivity contribution >= 4 is 11.9 Å². The maximum atomic E-state index is 11.1. The molecular formula is C30H58O4. The fourth-order valence-corrected chi connectivity index (χ4v) is 3.70. The van der Waals surface area contributed by atoms with Gasteiger partial charge in [-0.3, -0.25) is 9.59 Å². The van der Waals surface area contributed by atoms with E-state index in [1.807, 2.05) is 13.8 Å². The molecule has 0 unspecified atom stereocenters. The second-order valence-corrected chi connectivity index (χ2v) is 9.11. The summed E-state index contributed by atoms with van der Waals surface area (Å²) in [6.07, 6.45) is 28.5. The first kappa shape index (κ1) is 34.8. The zero-order valence-electron chi connectivity index (χ0n) is 23.3. The van der Waals surface area contributed by atoms with E-state index in [9.17, 15) is 9.59 Å². The number of esters is 2. The number of allylic oxidation sites excluding steroid dienone is 2. The monoisotopic (exact) mass is 482 g/mol. The third-order valence-corrected chi connectivity index (χ3v) is 5.75. The van der Waals surface area contributed by atoms with Gasteiger partial charge in [0.05, 0.1) is 13.2 Å². The number of hydrogen-bond donors (Lipinski definition) is 0. The molecule has 0 amide bonds. The Bertz CT molecular complexity index is 445. The summed E-state index contributed by atoms with van der Waals surface area (Å²) in [5.41, 5.74) is 0. The minimum Gasteiger partial charge on any atom is -0.466 e. The molecule has 202 valence electrons. The lowest BCUT2D eigenvalue weighted by Crippen LogP contribution is -2.03. The van der Waals surface area contributed by atoms with E-state index in [4.69, 9.17) is 9.47 Å². The number of ether oxygens (including phenoxy) is 2. The molecule has 0 saturated heterocycles. The molecule has 0 saturated carbocycles. The summed E-state index contributed by atoms with van der Waals surface area (Å²) in [5.74, 6) is -0.124. The van der Waals surface area contributed by atoms with Crippen LogP contribution >= 0.6 is 0 Å². The lowest BCUT2D eigenvalue weighted by Gasteiger charge is -2.03. The molecule has 4 nitrogen and oxygen atoms in total. The Hall–Kier alpha value is -1.32. The molecule has 0 atom stereocenters. The maximum absolute atomic E-state index is 11.1. The van der Waals surface area contributed by atoms with Gasteiger partial charge in [0.25, 0.3) is 0 Å². The highest BCUT2D eigenvalue weighted by Crippen LogP contribution is 2.13. The molecule has 0 radical (unpaired) electrons. The Morgan fingerprint density at radius 1 is 0.471 bits per heavy atom. The van der Waals surface area contributed by atoms with Crippen molar-refractivity contribution in [2.24, 2.45) is 0 Å². The van der Waals surface area contributed by atoms with Crippen LogP contribution in [0.5, 0.6) is 0 Å². The van der Waals surface area contributed by atoms with Crippen LogP contribution in [0.15, 0.2) is 12.2 Å². The molecule has 0 heterocycles. The zero-order chi connectivity index (χ0) is 25.5. The molecule has 34 heavy (non-hydrogen) atoms. The van der Waals surface area contributed by atoms with Crippen molar-refractivity contribution in [3.05, 3.63) is 12.2 Å². The molecule has 0 aromatic rings. The highest BCUT2D eigenvalue weighted by Gasteiger charge is 2.00. The van der Waals surface area contributed by atoms with E-state index in [1.165, 1.54) is 96.3 Å². The van der Waals surface area contributed by atoms with Crippen LogP contribution in [0.25, 0.3) is 0 Å². The highest BCUT2D eigenvalue weighted by atomic mass is 16.5. The number of unbranched alkanes of at least 4 members (excludes halogenated alkanes) is 15. The Morgan fingerprint density at radius 2 is 0.853 bits per heavy atom. The number of carbonyl (C=O) groups excluding carboxylic acids is 2. The minimum atomic E-state index is -0.0919. The average molecular weight is 483 g/mol. The molecule has 0 rings (SSSR count). The quantitative estimate of drug-likeness (QED) is 0.0826. The van der Waals surface area contributed by atoms with Crippen LogP contribution in [-0.2, 0) is 19.1 Å². The SMILES string of the molecule is CCCCC/C=C/CCC(=O)OCC.CCCCCCCCCCCCCCCC(=O)OCC. The predicted molar refractivity (Wildman–Crippen MR) is 146 cm³/mol. The summed E-state index contributed by atoms with van der Waals surface area (Å²) >= 11 is 0. The first-order valence-corrected chi connectivity index (χ1v) is 14.6. The fraction of sp³-hybridized carbons (Fsp3) is 0.867. The van der Waals surface area contributed by atoms with E-state index < -0.39 is 0 Å². The summed E-state index contributed by atoms with van der Waals surface area (Å²) < 4.78 is 9.72.